The summed E-state index contributed by atoms with van der Waals surface area (Å²) < 4.78 is 16.8. The van der Waals surface area contributed by atoms with Crippen LogP contribution in [0.15, 0.2) is 122 Å². The lowest BCUT2D eigenvalue weighted by Gasteiger charge is -2.18. The van der Waals surface area contributed by atoms with Gasteiger partial charge in [0.15, 0.2) is 6.10 Å². The molecule has 0 saturated carbocycles. The molecule has 0 aliphatic heterocycles. The van der Waals surface area contributed by atoms with Gasteiger partial charge in [0, 0.05) is 19.3 Å². The lowest BCUT2D eigenvalue weighted by atomic mass is 10.0. The maximum Gasteiger partial charge on any atom is 0.306 e. The molecule has 0 rings (SSSR count). The monoisotopic (exact) mass is 1040 g/mol. The molecule has 0 unspecified atom stereocenters. The van der Waals surface area contributed by atoms with Crippen LogP contribution >= 0.6 is 0 Å². The van der Waals surface area contributed by atoms with Crippen molar-refractivity contribution in [3.63, 3.8) is 0 Å². The van der Waals surface area contributed by atoms with Crippen LogP contribution in [0.5, 0.6) is 0 Å². The number of carbonyl (C=O) groups is 3. The maximum absolute atomic E-state index is 12.9. The molecule has 1 atom stereocenters. The highest BCUT2D eigenvalue weighted by atomic mass is 16.6. The largest absolute Gasteiger partial charge is 0.462 e. The van der Waals surface area contributed by atoms with E-state index in [2.05, 4.69) is 136 Å². The van der Waals surface area contributed by atoms with Crippen molar-refractivity contribution in [2.75, 3.05) is 13.2 Å². The van der Waals surface area contributed by atoms with Crippen LogP contribution in [0.4, 0.5) is 0 Å². The van der Waals surface area contributed by atoms with Gasteiger partial charge >= 0.3 is 17.9 Å². The van der Waals surface area contributed by atoms with E-state index in [1.54, 1.807) is 0 Å². The van der Waals surface area contributed by atoms with Crippen LogP contribution in [0, 0.1) is 0 Å². The number of allylic oxidation sites excluding steroid dienone is 20. The van der Waals surface area contributed by atoms with Crippen LogP contribution in [-0.2, 0) is 28.6 Å². The van der Waals surface area contributed by atoms with Gasteiger partial charge in [0.1, 0.15) is 13.2 Å². The van der Waals surface area contributed by atoms with Gasteiger partial charge in [-0.15, -0.1) is 0 Å². The molecule has 426 valence electrons. The van der Waals surface area contributed by atoms with E-state index in [0.717, 1.165) is 103 Å². The van der Waals surface area contributed by atoms with E-state index < -0.39 is 6.10 Å². The summed E-state index contributed by atoms with van der Waals surface area (Å²) in [4.78, 5) is 38.3. The van der Waals surface area contributed by atoms with Gasteiger partial charge in [0.2, 0.25) is 0 Å². The summed E-state index contributed by atoms with van der Waals surface area (Å²) in [7, 11) is 0. The minimum Gasteiger partial charge on any atom is -0.462 e. The van der Waals surface area contributed by atoms with Crippen LogP contribution in [0.2, 0.25) is 0 Å². The fourth-order valence-corrected chi connectivity index (χ4v) is 8.29. The number of unbranched alkanes of at least 4 members (excludes halogenated alkanes) is 24. The SMILES string of the molecule is CC/C=C\C/C=C\C/C=C\C/C=C\C/C=C\C/C=C\CCC(=O)OC[C@H](COC(=O)CCCCCCCCCCCCC/C=C\CCCCCCCC)OC(=O)CCCCCC/C=C\C/C=C\C/C=C\CCCCC. The molecule has 0 aliphatic carbocycles. The summed E-state index contributed by atoms with van der Waals surface area (Å²) >= 11 is 0. The zero-order chi connectivity index (χ0) is 54.3. The van der Waals surface area contributed by atoms with E-state index in [1.165, 1.54) is 128 Å². The van der Waals surface area contributed by atoms with E-state index in [9.17, 15) is 14.4 Å². The highest BCUT2D eigenvalue weighted by Crippen LogP contribution is 2.15. The van der Waals surface area contributed by atoms with Gasteiger partial charge in [-0.05, 0) is 122 Å². The normalized spacial score (nSPS) is 12.9. The molecule has 6 heteroatoms. The Morgan fingerprint density at radius 2 is 0.547 bits per heavy atom. The third-order valence-corrected chi connectivity index (χ3v) is 12.9. The number of carbonyl (C=O) groups excluding carboxylic acids is 3. The summed E-state index contributed by atoms with van der Waals surface area (Å²) in [5.41, 5.74) is 0. The van der Waals surface area contributed by atoms with E-state index in [-0.39, 0.29) is 44.0 Å². The predicted molar refractivity (Wildman–Crippen MR) is 325 cm³/mol. The van der Waals surface area contributed by atoms with Crippen molar-refractivity contribution in [2.45, 2.75) is 284 Å². The fraction of sp³-hybridized carbons (Fsp3) is 0.667. The highest BCUT2D eigenvalue weighted by Gasteiger charge is 2.19. The Morgan fingerprint density at radius 1 is 0.280 bits per heavy atom. The van der Waals surface area contributed by atoms with Gasteiger partial charge in [-0.1, -0.05) is 258 Å². The molecule has 0 fully saturated rings. The first-order chi connectivity index (χ1) is 37.0. The summed E-state index contributed by atoms with van der Waals surface area (Å²) in [5, 5.41) is 0. The van der Waals surface area contributed by atoms with Gasteiger partial charge in [-0.3, -0.25) is 14.4 Å². The fourth-order valence-electron chi connectivity index (χ4n) is 8.29. The van der Waals surface area contributed by atoms with Crippen molar-refractivity contribution >= 4 is 17.9 Å². The Labute approximate surface area is 462 Å². The minimum absolute atomic E-state index is 0.113. The third kappa shape index (κ3) is 60.6. The van der Waals surface area contributed by atoms with Gasteiger partial charge in [-0.2, -0.15) is 0 Å². The summed E-state index contributed by atoms with van der Waals surface area (Å²) in [6, 6.07) is 0. The Kier molecular flexibility index (Phi) is 58.9. The molecular formula is C69H114O6. The second-order valence-electron chi connectivity index (χ2n) is 20.2. The molecule has 0 amide bonds. The first kappa shape index (κ1) is 70.8. The smallest absolute Gasteiger partial charge is 0.306 e. The summed E-state index contributed by atoms with van der Waals surface area (Å²) in [5.74, 6) is -1.02. The molecular weight excluding hydrogens is 925 g/mol. The first-order valence-electron chi connectivity index (χ1n) is 31.0. The number of hydrogen-bond acceptors (Lipinski definition) is 6. The summed E-state index contributed by atoms with van der Waals surface area (Å²) in [6.45, 7) is 6.42. The second-order valence-corrected chi connectivity index (χ2v) is 20.2. The van der Waals surface area contributed by atoms with E-state index in [0.29, 0.717) is 12.8 Å². The van der Waals surface area contributed by atoms with Gasteiger partial charge in [0.25, 0.3) is 0 Å². The van der Waals surface area contributed by atoms with Gasteiger partial charge in [0.05, 0.1) is 0 Å². The highest BCUT2D eigenvalue weighted by molar-refractivity contribution is 5.71. The first-order valence-corrected chi connectivity index (χ1v) is 31.0. The molecule has 0 saturated heterocycles. The maximum atomic E-state index is 12.9. The average Bonchev–Trinajstić information content (AvgIpc) is 3.41. The van der Waals surface area contributed by atoms with Gasteiger partial charge in [-0.25, -0.2) is 0 Å². The molecule has 0 heterocycles. The predicted octanol–water partition coefficient (Wildman–Crippen LogP) is 21.2. The van der Waals surface area contributed by atoms with Crippen molar-refractivity contribution in [3.8, 4) is 0 Å². The van der Waals surface area contributed by atoms with Crippen LogP contribution in [0.25, 0.3) is 0 Å². The van der Waals surface area contributed by atoms with Crippen LogP contribution in [0.1, 0.15) is 278 Å². The molecule has 0 N–H and O–H groups in total. The molecule has 6 nitrogen and oxygen atoms in total. The third-order valence-electron chi connectivity index (χ3n) is 12.9. The molecule has 0 radical (unpaired) electrons. The zero-order valence-corrected chi connectivity index (χ0v) is 48.8. The Hall–Kier alpha value is -4.19. The lowest BCUT2D eigenvalue weighted by Crippen LogP contribution is -2.30. The number of rotatable bonds is 55. The van der Waals surface area contributed by atoms with Crippen LogP contribution in [0.3, 0.4) is 0 Å². The quantitative estimate of drug-likeness (QED) is 0.0261. The average molecular weight is 1040 g/mol. The topological polar surface area (TPSA) is 78.9 Å². The van der Waals surface area contributed by atoms with Crippen LogP contribution in [-0.4, -0.2) is 37.2 Å². The second kappa shape index (κ2) is 62.4. The van der Waals surface area contributed by atoms with Crippen LogP contribution < -0.4 is 0 Å². The van der Waals surface area contributed by atoms with E-state index in [4.69, 9.17) is 14.2 Å². The Morgan fingerprint density at radius 3 is 0.933 bits per heavy atom. The minimum atomic E-state index is -0.825. The van der Waals surface area contributed by atoms with Crippen molar-refractivity contribution in [1.82, 2.24) is 0 Å². The van der Waals surface area contributed by atoms with Crippen molar-refractivity contribution in [3.05, 3.63) is 122 Å². The number of esters is 3. The van der Waals surface area contributed by atoms with Crippen molar-refractivity contribution in [2.24, 2.45) is 0 Å². The van der Waals surface area contributed by atoms with Gasteiger partial charge < -0.3 is 14.2 Å². The Bertz CT molecular complexity index is 1570. The number of ether oxygens (including phenoxy) is 3. The van der Waals surface area contributed by atoms with E-state index >= 15 is 0 Å². The molecule has 0 aromatic rings. The Balaban J connectivity index is 4.51. The molecule has 75 heavy (non-hydrogen) atoms. The molecule has 0 aliphatic rings. The van der Waals surface area contributed by atoms with Crippen molar-refractivity contribution < 1.29 is 28.6 Å². The van der Waals surface area contributed by atoms with E-state index in [1.807, 2.05) is 6.08 Å². The number of hydrogen-bond donors (Lipinski definition) is 0. The molecule has 0 spiro atoms. The molecule has 0 aromatic carbocycles. The standard InChI is InChI=1S/C69H114O6/c1-4-7-10-13-16-19-22-25-28-31-33-34-36-39-41-44-47-50-53-56-59-62-68(71)74-65-66(75-69(72)63-60-57-54-51-48-45-42-37-30-27-24-21-18-15-12-9-6-3)64-73-67(70)61-58-55-52-49-46-43-40-38-35-32-29-26-23-20-17-14-11-8-5-2/h8,11,17-18,20-21,25-30,35,38,42-43,45-46,52,55,66H,4-7,9-10,12-16,19,22-24,31-34,36-37,39-41,44,47-51,53-54,56-65H2,1-3H3/b11-8-,20-17-,21-18-,28-25-,29-26-,30-27-,38-35-,45-42-,46-43-,55-52-/t66-/m1/s1. The molecule has 0 bridgehead atoms. The molecule has 0 aromatic heterocycles. The summed E-state index contributed by atoms with van der Waals surface area (Å²) in [6.07, 6.45) is 86.4. The van der Waals surface area contributed by atoms with Crippen molar-refractivity contribution in [1.29, 1.82) is 0 Å². The lowest BCUT2D eigenvalue weighted by molar-refractivity contribution is -0.166. The zero-order valence-electron chi connectivity index (χ0n) is 48.8.